The Balaban J connectivity index is 2.20. The summed E-state index contributed by atoms with van der Waals surface area (Å²) in [4.78, 5) is 4.07. The van der Waals surface area contributed by atoms with Gasteiger partial charge in [0.25, 0.3) is 0 Å². The van der Waals surface area contributed by atoms with E-state index in [0.717, 1.165) is 15.9 Å². The fourth-order valence-corrected chi connectivity index (χ4v) is 1.66. The summed E-state index contributed by atoms with van der Waals surface area (Å²) in [5.41, 5.74) is 0.924. The first-order valence-corrected chi connectivity index (χ1v) is 5.63. The lowest BCUT2D eigenvalue weighted by atomic mass is 10.3. The minimum Gasteiger partial charge on any atom is -0.456 e. The van der Waals surface area contributed by atoms with Crippen LogP contribution in [0.1, 0.15) is 0 Å². The van der Waals surface area contributed by atoms with Crippen molar-refractivity contribution in [3.05, 3.63) is 47.2 Å². The molecule has 0 bridgehead atoms. The number of nitrogens with one attached hydrogen (secondary N) is 1. The molecule has 0 aliphatic heterocycles. The van der Waals surface area contributed by atoms with Crippen molar-refractivity contribution in [3.8, 4) is 11.5 Å². The van der Waals surface area contributed by atoms with Gasteiger partial charge in [-0.3, -0.25) is 4.98 Å². The number of benzene rings is 1. The van der Waals surface area contributed by atoms with Gasteiger partial charge in [-0.25, -0.2) is 0 Å². The lowest BCUT2D eigenvalue weighted by Crippen LogP contribution is -1.91. The number of halogens is 1. The largest absolute Gasteiger partial charge is 0.456 e. The summed E-state index contributed by atoms with van der Waals surface area (Å²) in [5, 5.41) is 3.01. The molecule has 16 heavy (non-hydrogen) atoms. The molecule has 0 radical (unpaired) electrons. The molecule has 0 atom stereocenters. The molecule has 0 fully saturated rings. The molecule has 0 unspecified atom stereocenters. The average molecular weight is 279 g/mol. The van der Waals surface area contributed by atoms with Gasteiger partial charge in [0, 0.05) is 17.6 Å². The Kier molecular flexibility index (Phi) is 3.41. The highest BCUT2D eigenvalue weighted by Gasteiger charge is 1.99. The van der Waals surface area contributed by atoms with Crippen LogP contribution in [0, 0.1) is 0 Å². The van der Waals surface area contributed by atoms with Gasteiger partial charge >= 0.3 is 0 Å². The third-order valence-corrected chi connectivity index (χ3v) is 2.53. The normalized spacial score (nSPS) is 9.88. The highest BCUT2D eigenvalue weighted by Crippen LogP contribution is 2.25. The van der Waals surface area contributed by atoms with Gasteiger partial charge in [-0.05, 0) is 18.2 Å². The number of anilines is 1. The maximum atomic E-state index is 5.67. The number of ether oxygens (including phenoxy) is 1. The van der Waals surface area contributed by atoms with Crippen LogP contribution < -0.4 is 10.1 Å². The zero-order valence-corrected chi connectivity index (χ0v) is 10.4. The summed E-state index contributed by atoms with van der Waals surface area (Å²) in [5.74, 6) is 1.49. The molecule has 0 aliphatic rings. The van der Waals surface area contributed by atoms with E-state index in [1.807, 2.05) is 37.4 Å². The molecular formula is C12H11BrN2O. The highest BCUT2D eigenvalue weighted by atomic mass is 79.9. The van der Waals surface area contributed by atoms with Crippen LogP contribution in [0.4, 0.5) is 5.69 Å². The molecule has 3 nitrogen and oxygen atoms in total. The fraction of sp³-hybridized carbons (Fsp3) is 0.0833. The van der Waals surface area contributed by atoms with Crippen LogP contribution in [-0.2, 0) is 0 Å². The molecule has 2 rings (SSSR count). The zero-order chi connectivity index (χ0) is 11.4. The Morgan fingerprint density at radius 2 is 2.06 bits per heavy atom. The van der Waals surface area contributed by atoms with Crippen molar-refractivity contribution < 1.29 is 4.74 Å². The lowest BCUT2D eigenvalue weighted by Gasteiger charge is -2.06. The maximum absolute atomic E-state index is 5.67. The number of hydrogen-bond donors (Lipinski definition) is 1. The SMILES string of the molecule is CNc1cncc(Oc2cccc(Br)c2)c1. The second-order valence-corrected chi connectivity index (χ2v) is 4.13. The van der Waals surface area contributed by atoms with Crippen LogP contribution in [0.25, 0.3) is 0 Å². The van der Waals surface area contributed by atoms with E-state index < -0.39 is 0 Å². The summed E-state index contributed by atoms with van der Waals surface area (Å²) in [6.07, 6.45) is 3.43. The van der Waals surface area contributed by atoms with E-state index in [9.17, 15) is 0 Å². The van der Waals surface area contributed by atoms with Crippen LogP contribution in [0.3, 0.4) is 0 Å². The topological polar surface area (TPSA) is 34.2 Å². The average Bonchev–Trinajstić information content (AvgIpc) is 2.29. The minimum atomic E-state index is 0.713. The van der Waals surface area contributed by atoms with Crippen LogP contribution in [-0.4, -0.2) is 12.0 Å². The quantitative estimate of drug-likeness (QED) is 0.930. The molecule has 0 saturated carbocycles. The van der Waals surface area contributed by atoms with Crippen LogP contribution >= 0.6 is 15.9 Å². The third kappa shape index (κ3) is 2.73. The molecule has 0 amide bonds. The number of nitrogens with zero attached hydrogens (tertiary/aromatic N) is 1. The van der Waals surface area contributed by atoms with E-state index >= 15 is 0 Å². The Morgan fingerprint density at radius 3 is 2.81 bits per heavy atom. The van der Waals surface area contributed by atoms with Crippen molar-refractivity contribution in [2.45, 2.75) is 0 Å². The number of hydrogen-bond acceptors (Lipinski definition) is 3. The van der Waals surface area contributed by atoms with E-state index in [4.69, 9.17) is 4.74 Å². The molecule has 0 spiro atoms. The van der Waals surface area contributed by atoms with Gasteiger partial charge in [-0.2, -0.15) is 0 Å². The predicted molar refractivity (Wildman–Crippen MR) is 68.0 cm³/mol. The molecule has 1 heterocycles. The van der Waals surface area contributed by atoms with Crippen molar-refractivity contribution >= 4 is 21.6 Å². The van der Waals surface area contributed by atoms with E-state index in [2.05, 4.69) is 26.2 Å². The molecule has 82 valence electrons. The third-order valence-electron chi connectivity index (χ3n) is 2.03. The second kappa shape index (κ2) is 4.99. The molecule has 0 aliphatic carbocycles. The van der Waals surface area contributed by atoms with Crippen LogP contribution in [0.5, 0.6) is 11.5 Å². The highest BCUT2D eigenvalue weighted by molar-refractivity contribution is 9.10. The Hall–Kier alpha value is -1.55. The monoisotopic (exact) mass is 278 g/mol. The van der Waals surface area contributed by atoms with Gasteiger partial charge in [0.05, 0.1) is 18.1 Å². The lowest BCUT2D eigenvalue weighted by molar-refractivity contribution is 0.480. The molecular weight excluding hydrogens is 268 g/mol. The molecule has 1 aromatic heterocycles. The second-order valence-electron chi connectivity index (χ2n) is 3.22. The smallest absolute Gasteiger partial charge is 0.147 e. The van der Waals surface area contributed by atoms with Gasteiger partial charge in [-0.15, -0.1) is 0 Å². The van der Waals surface area contributed by atoms with Crippen molar-refractivity contribution in [2.24, 2.45) is 0 Å². The van der Waals surface area contributed by atoms with Crippen molar-refractivity contribution in [1.29, 1.82) is 0 Å². The van der Waals surface area contributed by atoms with Gasteiger partial charge in [0.1, 0.15) is 11.5 Å². The first kappa shape index (κ1) is 11.0. The molecule has 2 aromatic rings. The Morgan fingerprint density at radius 1 is 1.19 bits per heavy atom. The molecule has 1 aromatic carbocycles. The van der Waals surface area contributed by atoms with E-state index in [1.165, 1.54) is 0 Å². The van der Waals surface area contributed by atoms with Gasteiger partial charge < -0.3 is 10.1 Å². The van der Waals surface area contributed by atoms with E-state index in [1.54, 1.807) is 12.4 Å². The zero-order valence-electron chi connectivity index (χ0n) is 8.77. The Labute approximate surface area is 103 Å². The van der Waals surface area contributed by atoms with Gasteiger partial charge in [0.15, 0.2) is 0 Å². The number of rotatable bonds is 3. The molecule has 1 N–H and O–H groups in total. The summed E-state index contributed by atoms with van der Waals surface area (Å²) in [6, 6.07) is 9.58. The first-order valence-electron chi connectivity index (χ1n) is 4.84. The minimum absolute atomic E-state index is 0.713. The fourth-order valence-electron chi connectivity index (χ4n) is 1.28. The van der Waals surface area contributed by atoms with Crippen LogP contribution in [0.15, 0.2) is 47.2 Å². The summed E-state index contributed by atoms with van der Waals surface area (Å²) < 4.78 is 6.66. The van der Waals surface area contributed by atoms with Crippen LogP contribution in [0.2, 0.25) is 0 Å². The maximum Gasteiger partial charge on any atom is 0.147 e. The summed E-state index contributed by atoms with van der Waals surface area (Å²) >= 11 is 3.40. The number of aromatic nitrogens is 1. The van der Waals surface area contributed by atoms with Gasteiger partial charge in [-0.1, -0.05) is 22.0 Å². The Bertz CT molecular complexity index is 488. The van der Waals surface area contributed by atoms with Crippen molar-refractivity contribution in [3.63, 3.8) is 0 Å². The van der Waals surface area contributed by atoms with E-state index in [-0.39, 0.29) is 0 Å². The summed E-state index contributed by atoms with van der Waals surface area (Å²) in [6.45, 7) is 0. The number of pyridine rings is 1. The van der Waals surface area contributed by atoms with E-state index in [0.29, 0.717) is 5.75 Å². The standard InChI is InChI=1S/C12H11BrN2O/c1-14-10-6-12(8-15-7-10)16-11-4-2-3-9(13)5-11/h2-8,14H,1H3. The van der Waals surface area contributed by atoms with Crippen molar-refractivity contribution in [2.75, 3.05) is 12.4 Å². The van der Waals surface area contributed by atoms with Crippen molar-refractivity contribution in [1.82, 2.24) is 4.98 Å². The predicted octanol–water partition coefficient (Wildman–Crippen LogP) is 3.68. The van der Waals surface area contributed by atoms with Gasteiger partial charge in [0.2, 0.25) is 0 Å². The first-order chi connectivity index (χ1) is 7.78. The molecule has 0 saturated heterocycles. The summed E-state index contributed by atoms with van der Waals surface area (Å²) in [7, 11) is 1.85. The molecule has 4 heteroatoms.